The maximum absolute atomic E-state index is 6.20. The largest absolute Gasteiger partial charge is 0.492 e. The highest BCUT2D eigenvalue weighted by Gasteiger charge is 2.21. The van der Waals surface area contributed by atoms with Crippen LogP contribution in [0.5, 0.6) is 5.75 Å². The average Bonchev–Trinajstić information content (AvgIpc) is 2.33. The average molecular weight is 234 g/mol. The fourth-order valence-corrected chi connectivity index (χ4v) is 2.52. The lowest BCUT2D eigenvalue weighted by Gasteiger charge is -2.36. The van der Waals surface area contributed by atoms with E-state index in [9.17, 15) is 0 Å². The number of anilines is 2. The Morgan fingerprint density at radius 1 is 1.41 bits per heavy atom. The fourth-order valence-electron chi connectivity index (χ4n) is 2.52. The molecule has 0 aliphatic carbocycles. The molecule has 94 valence electrons. The van der Waals surface area contributed by atoms with Gasteiger partial charge in [0, 0.05) is 12.6 Å². The molecule has 3 heteroatoms. The summed E-state index contributed by atoms with van der Waals surface area (Å²) in [5.74, 6) is 0.808. The molecule has 2 N–H and O–H groups in total. The Morgan fingerprint density at radius 3 is 2.94 bits per heavy atom. The van der Waals surface area contributed by atoms with Crippen molar-refractivity contribution in [2.45, 2.75) is 39.2 Å². The van der Waals surface area contributed by atoms with Gasteiger partial charge in [0.05, 0.1) is 18.0 Å². The number of para-hydroxylation sites is 1. The number of benzene rings is 1. The van der Waals surface area contributed by atoms with E-state index in [1.807, 2.05) is 19.1 Å². The quantitative estimate of drug-likeness (QED) is 0.817. The van der Waals surface area contributed by atoms with Crippen molar-refractivity contribution in [1.82, 2.24) is 0 Å². The van der Waals surface area contributed by atoms with E-state index in [0.717, 1.165) is 23.7 Å². The molecule has 1 aromatic rings. The number of nitrogens with two attached hydrogens (primary N) is 1. The maximum atomic E-state index is 6.20. The molecule has 0 aromatic heterocycles. The van der Waals surface area contributed by atoms with E-state index >= 15 is 0 Å². The molecule has 0 amide bonds. The van der Waals surface area contributed by atoms with E-state index < -0.39 is 0 Å². The monoisotopic (exact) mass is 234 g/mol. The van der Waals surface area contributed by atoms with E-state index in [1.54, 1.807) is 0 Å². The molecular weight excluding hydrogens is 212 g/mol. The third-order valence-electron chi connectivity index (χ3n) is 3.46. The number of nitrogens with zero attached hydrogens (tertiary/aromatic N) is 1. The first-order valence-corrected chi connectivity index (χ1v) is 6.52. The van der Waals surface area contributed by atoms with Gasteiger partial charge in [-0.1, -0.05) is 6.07 Å². The molecule has 0 saturated carbocycles. The SMILES string of the molecule is CCOc1cccc(N2CCCCC2C)c1N. The topological polar surface area (TPSA) is 38.5 Å². The minimum Gasteiger partial charge on any atom is -0.492 e. The summed E-state index contributed by atoms with van der Waals surface area (Å²) in [7, 11) is 0. The smallest absolute Gasteiger partial charge is 0.144 e. The summed E-state index contributed by atoms with van der Waals surface area (Å²) in [5.41, 5.74) is 8.10. The Balaban J connectivity index is 2.27. The van der Waals surface area contributed by atoms with Crippen LogP contribution in [0.25, 0.3) is 0 Å². The van der Waals surface area contributed by atoms with Crippen molar-refractivity contribution in [1.29, 1.82) is 0 Å². The van der Waals surface area contributed by atoms with E-state index in [0.29, 0.717) is 12.6 Å². The van der Waals surface area contributed by atoms with Crippen LogP contribution in [0.1, 0.15) is 33.1 Å². The Bertz CT molecular complexity index is 378. The predicted octanol–water partition coefficient (Wildman–Crippen LogP) is 3.05. The van der Waals surface area contributed by atoms with E-state index in [2.05, 4.69) is 17.9 Å². The summed E-state index contributed by atoms with van der Waals surface area (Å²) in [6.45, 7) is 6.01. The first-order chi connectivity index (χ1) is 8.24. The summed E-state index contributed by atoms with van der Waals surface area (Å²) >= 11 is 0. The molecule has 1 aromatic carbocycles. The minimum atomic E-state index is 0.572. The molecular formula is C14H22N2O. The van der Waals surface area contributed by atoms with Crippen LogP contribution in [-0.2, 0) is 0 Å². The highest BCUT2D eigenvalue weighted by Crippen LogP contribution is 2.35. The van der Waals surface area contributed by atoms with Gasteiger partial charge in [0.15, 0.2) is 0 Å². The lowest BCUT2D eigenvalue weighted by atomic mass is 10.0. The van der Waals surface area contributed by atoms with Crippen LogP contribution in [-0.4, -0.2) is 19.2 Å². The highest BCUT2D eigenvalue weighted by atomic mass is 16.5. The molecule has 1 heterocycles. The van der Waals surface area contributed by atoms with Crippen molar-refractivity contribution in [3.63, 3.8) is 0 Å². The summed E-state index contributed by atoms with van der Waals surface area (Å²) in [5, 5.41) is 0. The van der Waals surface area contributed by atoms with Crippen LogP contribution in [0.4, 0.5) is 11.4 Å². The highest BCUT2D eigenvalue weighted by molar-refractivity contribution is 5.74. The predicted molar refractivity (Wildman–Crippen MR) is 72.7 cm³/mol. The molecule has 0 bridgehead atoms. The van der Waals surface area contributed by atoms with Gasteiger partial charge in [0.2, 0.25) is 0 Å². The minimum absolute atomic E-state index is 0.572. The second-order valence-electron chi connectivity index (χ2n) is 4.66. The zero-order valence-electron chi connectivity index (χ0n) is 10.8. The third-order valence-corrected chi connectivity index (χ3v) is 3.46. The van der Waals surface area contributed by atoms with Crippen molar-refractivity contribution in [3.05, 3.63) is 18.2 Å². The standard InChI is InChI=1S/C14H22N2O/c1-3-17-13-9-6-8-12(14(13)15)16-10-5-4-7-11(16)2/h6,8-9,11H,3-5,7,10,15H2,1-2H3. The summed E-state index contributed by atoms with van der Waals surface area (Å²) < 4.78 is 5.55. The van der Waals surface area contributed by atoms with E-state index in [1.165, 1.54) is 19.3 Å². The number of nitrogen functional groups attached to an aromatic ring is 1. The number of ether oxygens (including phenoxy) is 1. The molecule has 1 aliphatic rings. The van der Waals surface area contributed by atoms with Gasteiger partial charge < -0.3 is 15.4 Å². The third kappa shape index (κ3) is 2.48. The molecule has 0 radical (unpaired) electrons. The fraction of sp³-hybridized carbons (Fsp3) is 0.571. The molecule has 2 rings (SSSR count). The molecule has 1 fully saturated rings. The number of hydrogen-bond donors (Lipinski definition) is 1. The van der Waals surface area contributed by atoms with Crippen molar-refractivity contribution in [2.24, 2.45) is 0 Å². The van der Waals surface area contributed by atoms with E-state index in [4.69, 9.17) is 10.5 Å². The molecule has 0 spiro atoms. The van der Waals surface area contributed by atoms with Crippen molar-refractivity contribution in [2.75, 3.05) is 23.8 Å². The molecule has 1 saturated heterocycles. The normalized spacial score (nSPS) is 20.4. The van der Waals surface area contributed by atoms with Crippen LogP contribution in [0.2, 0.25) is 0 Å². The van der Waals surface area contributed by atoms with Gasteiger partial charge in [0.1, 0.15) is 5.75 Å². The van der Waals surface area contributed by atoms with Crippen LogP contribution in [0.15, 0.2) is 18.2 Å². The Labute approximate surface area is 104 Å². The van der Waals surface area contributed by atoms with Crippen molar-refractivity contribution >= 4 is 11.4 Å². The lowest BCUT2D eigenvalue weighted by Crippen LogP contribution is -2.37. The number of rotatable bonds is 3. The molecule has 1 unspecified atom stereocenters. The van der Waals surface area contributed by atoms with Crippen LogP contribution in [0, 0.1) is 0 Å². The zero-order chi connectivity index (χ0) is 12.3. The second-order valence-corrected chi connectivity index (χ2v) is 4.66. The lowest BCUT2D eigenvalue weighted by molar-refractivity contribution is 0.342. The number of piperidine rings is 1. The van der Waals surface area contributed by atoms with Crippen LogP contribution >= 0.6 is 0 Å². The van der Waals surface area contributed by atoms with Crippen LogP contribution in [0.3, 0.4) is 0 Å². The summed E-state index contributed by atoms with van der Waals surface area (Å²) in [6, 6.07) is 6.64. The Kier molecular flexibility index (Phi) is 3.77. The molecule has 3 nitrogen and oxygen atoms in total. The Morgan fingerprint density at radius 2 is 2.24 bits per heavy atom. The molecule has 1 atom stereocenters. The van der Waals surface area contributed by atoms with Crippen molar-refractivity contribution < 1.29 is 4.74 Å². The van der Waals surface area contributed by atoms with Gasteiger partial charge >= 0.3 is 0 Å². The summed E-state index contributed by atoms with van der Waals surface area (Å²) in [4.78, 5) is 2.40. The summed E-state index contributed by atoms with van der Waals surface area (Å²) in [6.07, 6.45) is 3.82. The van der Waals surface area contributed by atoms with Crippen LogP contribution < -0.4 is 15.4 Å². The Hall–Kier alpha value is -1.38. The van der Waals surface area contributed by atoms with Gasteiger partial charge in [-0.25, -0.2) is 0 Å². The van der Waals surface area contributed by atoms with Gasteiger partial charge in [-0.3, -0.25) is 0 Å². The van der Waals surface area contributed by atoms with Gasteiger partial charge in [-0.05, 0) is 45.2 Å². The first kappa shape index (κ1) is 12.1. The molecule has 17 heavy (non-hydrogen) atoms. The van der Waals surface area contributed by atoms with E-state index in [-0.39, 0.29) is 0 Å². The molecule has 1 aliphatic heterocycles. The number of hydrogen-bond acceptors (Lipinski definition) is 3. The second kappa shape index (κ2) is 5.30. The maximum Gasteiger partial charge on any atom is 0.144 e. The van der Waals surface area contributed by atoms with Gasteiger partial charge in [0.25, 0.3) is 0 Å². The van der Waals surface area contributed by atoms with Gasteiger partial charge in [-0.15, -0.1) is 0 Å². The first-order valence-electron chi connectivity index (χ1n) is 6.52. The zero-order valence-corrected chi connectivity index (χ0v) is 10.8. The van der Waals surface area contributed by atoms with Crippen molar-refractivity contribution in [3.8, 4) is 5.75 Å². The van der Waals surface area contributed by atoms with Gasteiger partial charge in [-0.2, -0.15) is 0 Å².